The van der Waals surface area contributed by atoms with Gasteiger partial charge in [0, 0.05) is 5.41 Å². The molecule has 3 rings (SSSR count). The van der Waals surface area contributed by atoms with Crippen LogP contribution in [0.2, 0.25) is 0 Å². The normalized spacial score (nSPS) is 38.5. The molecule has 17 heavy (non-hydrogen) atoms. The van der Waals surface area contributed by atoms with E-state index in [-0.39, 0.29) is 11.0 Å². The minimum atomic E-state index is -0.0103. The summed E-state index contributed by atoms with van der Waals surface area (Å²) in [6.45, 7) is 6.92. The van der Waals surface area contributed by atoms with Crippen molar-refractivity contribution in [3.8, 4) is 0 Å². The summed E-state index contributed by atoms with van der Waals surface area (Å²) >= 11 is 0. The van der Waals surface area contributed by atoms with Crippen molar-refractivity contribution >= 4 is 5.82 Å². The first-order valence-corrected chi connectivity index (χ1v) is 6.37. The zero-order valence-electron chi connectivity index (χ0n) is 10.7. The second-order valence-corrected chi connectivity index (χ2v) is 6.11. The van der Waals surface area contributed by atoms with Gasteiger partial charge in [-0.2, -0.15) is 0 Å². The molecule has 0 saturated heterocycles. The van der Waals surface area contributed by atoms with Gasteiger partial charge in [0.05, 0.1) is 6.20 Å². The van der Waals surface area contributed by atoms with Crippen molar-refractivity contribution in [2.75, 3.05) is 5.48 Å². The third-order valence-electron chi connectivity index (χ3n) is 4.80. The maximum absolute atomic E-state index is 6.00. The predicted molar refractivity (Wildman–Crippen MR) is 64.1 cm³/mol. The van der Waals surface area contributed by atoms with Gasteiger partial charge in [0.25, 0.3) is 0 Å². The molecule has 1 aromatic rings. The summed E-state index contributed by atoms with van der Waals surface area (Å²) in [7, 11) is 0. The fourth-order valence-corrected chi connectivity index (χ4v) is 3.63. The van der Waals surface area contributed by atoms with E-state index in [4.69, 9.17) is 4.84 Å². The highest BCUT2D eigenvalue weighted by Gasteiger charge is 2.74. The molecule has 0 amide bonds. The molecule has 2 N–H and O–H groups in total. The van der Waals surface area contributed by atoms with Gasteiger partial charge in [-0.25, -0.2) is 5.48 Å². The lowest BCUT2D eigenvalue weighted by Gasteiger charge is -2.27. The van der Waals surface area contributed by atoms with Gasteiger partial charge in [-0.3, -0.25) is 9.94 Å². The Bertz CT molecular complexity index is 403. The molecule has 2 saturated carbocycles. The Hall–Kier alpha value is -1.10. The van der Waals surface area contributed by atoms with E-state index in [9.17, 15) is 0 Å². The molecule has 0 aliphatic heterocycles. The predicted octanol–water partition coefficient (Wildman–Crippen LogP) is 2.36. The molecule has 1 heterocycles. The van der Waals surface area contributed by atoms with E-state index in [2.05, 4.69) is 41.7 Å². The number of hydrogen-bond donors (Lipinski definition) is 2. The molecule has 0 bridgehead atoms. The van der Waals surface area contributed by atoms with E-state index in [1.165, 1.54) is 12.8 Å². The zero-order chi connectivity index (χ0) is 12.1. The first-order chi connectivity index (χ1) is 8.06. The molecular weight excluding hydrogens is 216 g/mol. The van der Waals surface area contributed by atoms with Gasteiger partial charge in [-0.1, -0.05) is 32.4 Å². The molecule has 2 fully saturated rings. The SMILES string of the molecule is CC1CCC2C(C)(C)C2(ONc2c[nH]nn2)C1. The average molecular weight is 236 g/mol. The topological polar surface area (TPSA) is 62.8 Å². The maximum Gasteiger partial charge on any atom is 0.191 e. The lowest BCUT2D eigenvalue weighted by molar-refractivity contribution is 0.00815. The average Bonchev–Trinajstić information content (AvgIpc) is 2.70. The van der Waals surface area contributed by atoms with Crippen LogP contribution >= 0.6 is 0 Å². The quantitative estimate of drug-likeness (QED) is 0.791. The fourth-order valence-electron chi connectivity index (χ4n) is 3.63. The number of rotatable bonds is 3. The Morgan fingerprint density at radius 3 is 3.00 bits per heavy atom. The van der Waals surface area contributed by atoms with Gasteiger partial charge < -0.3 is 0 Å². The Morgan fingerprint density at radius 1 is 1.47 bits per heavy atom. The molecule has 1 aromatic heterocycles. The largest absolute Gasteiger partial charge is 0.267 e. The molecule has 3 atom stereocenters. The molecule has 2 aliphatic rings. The van der Waals surface area contributed by atoms with Crippen molar-refractivity contribution in [2.45, 2.75) is 45.6 Å². The number of anilines is 1. The summed E-state index contributed by atoms with van der Waals surface area (Å²) < 4.78 is 0. The highest BCUT2D eigenvalue weighted by atomic mass is 16.7. The van der Waals surface area contributed by atoms with Crippen molar-refractivity contribution in [1.82, 2.24) is 15.4 Å². The van der Waals surface area contributed by atoms with Crippen LogP contribution in [-0.2, 0) is 4.84 Å². The third kappa shape index (κ3) is 1.48. The molecule has 0 radical (unpaired) electrons. The van der Waals surface area contributed by atoms with E-state index in [0.29, 0.717) is 11.7 Å². The van der Waals surface area contributed by atoms with Gasteiger partial charge in [0.15, 0.2) is 5.82 Å². The summed E-state index contributed by atoms with van der Waals surface area (Å²) in [5, 5.41) is 10.2. The summed E-state index contributed by atoms with van der Waals surface area (Å²) in [5.74, 6) is 2.07. The second-order valence-electron chi connectivity index (χ2n) is 6.11. The number of aromatic amines is 1. The van der Waals surface area contributed by atoms with Crippen LogP contribution in [0.1, 0.15) is 40.0 Å². The lowest BCUT2D eigenvalue weighted by Crippen LogP contribution is -2.30. The number of nitrogens with zero attached hydrogens (tertiary/aromatic N) is 2. The Balaban J connectivity index is 1.72. The molecule has 0 spiro atoms. The minimum absolute atomic E-state index is 0.0103. The number of fused-ring (bicyclic) bond motifs is 1. The lowest BCUT2D eigenvalue weighted by atomic mass is 9.88. The smallest absolute Gasteiger partial charge is 0.191 e. The molecular formula is C12H20N4O. The number of H-pyrrole nitrogens is 1. The van der Waals surface area contributed by atoms with Crippen LogP contribution in [0.5, 0.6) is 0 Å². The molecule has 2 aliphatic carbocycles. The molecule has 5 heteroatoms. The van der Waals surface area contributed by atoms with Crippen LogP contribution in [0.4, 0.5) is 5.82 Å². The standard InChI is InChI=1S/C12H20N4O/c1-8-4-5-9-11(2,3)12(9,6-8)17-15-10-7-13-16-14-10/h7-9H,4-6H2,1-3H3,(H2,13,14,15,16). The van der Waals surface area contributed by atoms with Crippen LogP contribution in [0.25, 0.3) is 0 Å². The van der Waals surface area contributed by atoms with Gasteiger partial charge in [-0.15, -0.1) is 5.10 Å². The molecule has 0 aromatic carbocycles. The highest BCUT2D eigenvalue weighted by molar-refractivity contribution is 5.28. The Morgan fingerprint density at radius 2 is 2.29 bits per heavy atom. The van der Waals surface area contributed by atoms with Crippen LogP contribution in [0, 0.1) is 17.3 Å². The highest BCUT2D eigenvalue weighted by Crippen LogP contribution is 2.70. The number of nitrogens with one attached hydrogen (secondary N) is 2. The second kappa shape index (κ2) is 3.45. The first-order valence-electron chi connectivity index (χ1n) is 6.37. The van der Waals surface area contributed by atoms with E-state index >= 15 is 0 Å². The van der Waals surface area contributed by atoms with E-state index < -0.39 is 0 Å². The van der Waals surface area contributed by atoms with Crippen molar-refractivity contribution in [3.05, 3.63) is 6.20 Å². The number of aromatic nitrogens is 3. The van der Waals surface area contributed by atoms with Crippen molar-refractivity contribution in [2.24, 2.45) is 17.3 Å². The van der Waals surface area contributed by atoms with Gasteiger partial charge in [0.1, 0.15) is 5.60 Å². The summed E-state index contributed by atoms with van der Waals surface area (Å²) in [6.07, 6.45) is 5.43. The van der Waals surface area contributed by atoms with Crippen LogP contribution in [0.15, 0.2) is 6.20 Å². The van der Waals surface area contributed by atoms with Crippen LogP contribution < -0.4 is 5.48 Å². The van der Waals surface area contributed by atoms with Crippen molar-refractivity contribution in [3.63, 3.8) is 0 Å². The molecule has 5 nitrogen and oxygen atoms in total. The van der Waals surface area contributed by atoms with Gasteiger partial charge in [0.2, 0.25) is 0 Å². The minimum Gasteiger partial charge on any atom is -0.267 e. The first kappa shape index (κ1) is 11.0. The van der Waals surface area contributed by atoms with Gasteiger partial charge in [-0.05, 0) is 24.7 Å². The summed E-state index contributed by atoms with van der Waals surface area (Å²) in [6, 6.07) is 0. The zero-order valence-corrected chi connectivity index (χ0v) is 10.7. The third-order valence-corrected chi connectivity index (χ3v) is 4.80. The fraction of sp³-hybridized carbons (Fsp3) is 0.833. The van der Waals surface area contributed by atoms with Crippen molar-refractivity contribution in [1.29, 1.82) is 0 Å². The van der Waals surface area contributed by atoms with E-state index in [0.717, 1.165) is 12.3 Å². The molecule has 3 unspecified atom stereocenters. The Labute approximate surface area is 101 Å². The summed E-state index contributed by atoms with van der Waals surface area (Å²) in [5.41, 5.74) is 3.21. The van der Waals surface area contributed by atoms with E-state index in [1.807, 2.05) is 0 Å². The van der Waals surface area contributed by atoms with Gasteiger partial charge >= 0.3 is 0 Å². The van der Waals surface area contributed by atoms with Crippen LogP contribution in [-0.4, -0.2) is 21.0 Å². The molecule has 94 valence electrons. The van der Waals surface area contributed by atoms with Crippen molar-refractivity contribution < 1.29 is 4.84 Å². The Kier molecular flexibility index (Phi) is 2.23. The maximum atomic E-state index is 6.00. The number of hydrogen-bond acceptors (Lipinski definition) is 4. The summed E-state index contributed by atoms with van der Waals surface area (Å²) in [4.78, 5) is 6.00. The monoisotopic (exact) mass is 236 g/mol. The van der Waals surface area contributed by atoms with E-state index in [1.54, 1.807) is 6.20 Å². The van der Waals surface area contributed by atoms with Crippen LogP contribution in [0.3, 0.4) is 0 Å².